The van der Waals surface area contributed by atoms with E-state index in [-0.39, 0.29) is 5.56 Å². The molecule has 4 heteroatoms. The second kappa shape index (κ2) is 2.82. The first-order chi connectivity index (χ1) is 6.31. The third-order valence-electron chi connectivity index (χ3n) is 1.80. The molecule has 0 atom stereocenters. The highest BCUT2D eigenvalue weighted by Gasteiger charge is 1.99. The summed E-state index contributed by atoms with van der Waals surface area (Å²) in [6.45, 7) is 0. The molecule has 0 aliphatic heterocycles. The molecule has 13 heavy (non-hydrogen) atoms. The van der Waals surface area contributed by atoms with Crippen molar-refractivity contribution in [2.24, 2.45) is 0 Å². The first-order valence-corrected chi connectivity index (χ1v) is 3.74. The van der Waals surface area contributed by atoms with Gasteiger partial charge in [0.1, 0.15) is 6.29 Å². The molecule has 0 radical (unpaired) electrons. The number of aldehydes is 1. The van der Waals surface area contributed by atoms with Crippen molar-refractivity contribution < 1.29 is 4.79 Å². The second-order valence-electron chi connectivity index (χ2n) is 2.63. The van der Waals surface area contributed by atoms with Crippen molar-refractivity contribution in [1.29, 1.82) is 0 Å². The Hall–Kier alpha value is -1.97. The zero-order valence-corrected chi connectivity index (χ0v) is 6.65. The van der Waals surface area contributed by atoms with Crippen molar-refractivity contribution in [2.45, 2.75) is 0 Å². The molecular weight excluding hydrogens is 168 g/mol. The number of hydrogen-bond acceptors (Lipinski definition) is 3. The van der Waals surface area contributed by atoms with E-state index in [9.17, 15) is 9.59 Å². The summed E-state index contributed by atoms with van der Waals surface area (Å²) in [6.07, 6.45) is 2.04. The normalized spacial score (nSPS) is 10.2. The van der Waals surface area contributed by atoms with Crippen LogP contribution in [-0.2, 0) is 0 Å². The average molecular weight is 174 g/mol. The molecule has 2 aromatic rings. The van der Waals surface area contributed by atoms with Gasteiger partial charge >= 0.3 is 0 Å². The standard InChI is InChI=1S/C9H6N2O2/c12-4-6-1-2-7-8(3-6)10-5-11-9(7)13/h1-5H,(H,10,11,13). The molecule has 64 valence electrons. The molecule has 2 rings (SSSR count). The molecule has 0 saturated heterocycles. The molecule has 0 unspecified atom stereocenters. The molecule has 0 saturated carbocycles. The first-order valence-electron chi connectivity index (χ1n) is 3.74. The van der Waals surface area contributed by atoms with Crippen LogP contribution in [0.1, 0.15) is 10.4 Å². The third kappa shape index (κ3) is 1.22. The van der Waals surface area contributed by atoms with Crippen LogP contribution in [0, 0.1) is 0 Å². The minimum atomic E-state index is -0.192. The summed E-state index contributed by atoms with van der Waals surface area (Å²) >= 11 is 0. The van der Waals surface area contributed by atoms with Crippen LogP contribution in [0.5, 0.6) is 0 Å². The second-order valence-corrected chi connectivity index (χ2v) is 2.63. The van der Waals surface area contributed by atoms with Crippen molar-refractivity contribution in [1.82, 2.24) is 9.97 Å². The highest BCUT2D eigenvalue weighted by atomic mass is 16.1. The van der Waals surface area contributed by atoms with Crippen LogP contribution in [-0.4, -0.2) is 16.3 Å². The van der Waals surface area contributed by atoms with Gasteiger partial charge in [0, 0.05) is 5.56 Å². The van der Waals surface area contributed by atoms with Gasteiger partial charge in [0.15, 0.2) is 0 Å². The summed E-state index contributed by atoms with van der Waals surface area (Å²) in [4.78, 5) is 28.0. The lowest BCUT2D eigenvalue weighted by atomic mass is 10.2. The van der Waals surface area contributed by atoms with E-state index in [1.807, 2.05) is 0 Å². The topological polar surface area (TPSA) is 62.8 Å². The maximum atomic E-state index is 11.2. The summed E-state index contributed by atoms with van der Waals surface area (Å²) in [5.41, 5.74) is 0.862. The van der Waals surface area contributed by atoms with Crippen molar-refractivity contribution >= 4 is 17.2 Å². The van der Waals surface area contributed by atoms with E-state index in [0.29, 0.717) is 16.5 Å². The van der Waals surface area contributed by atoms with Crippen molar-refractivity contribution in [3.63, 3.8) is 0 Å². The predicted octanol–water partition coefficient (Wildman–Crippen LogP) is 0.736. The first kappa shape index (κ1) is 7.67. The van der Waals surface area contributed by atoms with Crippen molar-refractivity contribution in [3.05, 3.63) is 40.4 Å². The number of rotatable bonds is 1. The van der Waals surface area contributed by atoms with Gasteiger partial charge in [-0.15, -0.1) is 0 Å². The van der Waals surface area contributed by atoms with Crippen molar-refractivity contribution in [2.75, 3.05) is 0 Å². The Balaban J connectivity index is 2.87. The number of H-pyrrole nitrogens is 1. The Morgan fingerprint density at radius 2 is 2.23 bits per heavy atom. The van der Waals surface area contributed by atoms with E-state index in [2.05, 4.69) is 9.97 Å². The Labute approximate surface area is 73.2 Å². The Kier molecular flexibility index (Phi) is 1.66. The third-order valence-corrected chi connectivity index (χ3v) is 1.80. The molecule has 1 N–H and O–H groups in total. The largest absolute Gasteiger partial charge is 0.313 e. The highest BCUT2D eigenvalue weighted by molar-refractivity contribution is 5.85. The lowest BCUT2D eigenvalue weighted by molar-refractivity contribution is 0.112. The molecule has 0 amide bonds. The fraction of sp³-hybridized carbons (Fsp3) is 0. The van der Waals surface area contributed by atoms with Crippen LogP contribution < -0.4 is 5.56 Å². The molecular formula is C9H6N2O2. The van der Waals surface area contributed by atoms with Gasteiger partial charge in [-0.1, -0.05) is 6.07 Å². The summed E-state index contributed by atoms with van der Waals surface area (Å²) < 4.78 is 0. The molecule has 4 nitrogen and oxygen atoms in total. The number of carbonyl (C=O) groups excluding carboxylic acids is 1. The van der Waals surface area contributed by atoms with Crippen LogP contribution in [0.3, 0.4) is 0 Å². The molecule has 1 aromatic carbocycles. The van der Waals surface area contributed by atoms with Gasteiger partial charge in [-0.05, 0) is 12.1 Å². The number of fused-ring (bicyclic) bond motifs is 1. The zero-order valence-electron chi connectivity index (χ0n) is 6.65. The van der Waals surface area contributed by atoms with Gasteiger partial charge in [-0.3, -0.25) is 9.59 Å². The summed E-state index contributed by atoms with van der Waals surface area (Å²) in [6, 6.07) is 4.76. The van der Waals surface area contributed by atoms with E-state index in [1.165, 1.54) is 6.33 Å². The monoisotopic (exact) mass is 174 g/mol. The summed E-state index contributed by atoms with van der Waals surface area (Å²) in [5, 5.41) is 0.494. The molecule has 1 aromatic heterocycles. The van der Waals surface area contributed by atoms with Crippen molar-refractivity contribution in [3.8, 4) is 0 Å². The van der Waals surface area contributed by atoms with E-state index in [4.69, 9.17) is 0 Å². The van der Waals surface area contributed by atoms with Gasteiger partial charge in [-0.2, -0.15) is 0 Å². The van der Waals surface area contributed by atoms with E-state index < -0.39 is 0 Å². The molecule has 0 fully saturated rings. The fourth-order valence-corrected chi connectivity index (χ4v) is 1.16. The average Bonchev–Trinajstić information content (AvgIpc) is 2.18. The lowest BCUT2D eigenvalue weighted by Crippen LogP contribution is -2.06. The quantitative estimate of drug-likeness (QED) is 0.648. The van der Waals surface area contributed by atoms with Gasteiger partial charge in [0.2, 0.25) is 0 Å². The lowest BCUT2D eigenvalue weighted by Gasteiger charge is -1.94. The Bertz CT molecular complexity index is 516. The van der Waals surface area contributed by atoms with E-state index >= 15 is 0 Å². The number of nitrogens with one attached hydrogen (secondary N) is 1. The van der Waals surface area contributed by atoms with Crippen LogP contribution in [0.15, 0.2) is 29.3 Å². The van der Waals surface area contributed by atoms with Crippen LogP contribution in [0.4, 0.5) is 0 Å². The number of nitrogens with zero attached hydrogens (tertiary/aromatic N) is 1. The molecule has 0 aliphatic rings. The molecule has 0 spiro atoms. The van der Waals surface area contributed by atoms with Crippen LogP contribution >= 0.6 is 0 Å². The number of aromatic nitrogens is 2. The van der Waals surface area contributed by atoms with Gasteiger partial charge < -0.3 is 4.98 Å². The summed E-state index contributed by atoms with van der Waals surface area (Å²) in [5.74, 6) is 0. The predicted molar refractivity (Wildman–Crippen MR) is 47.8 cm³/mol. The SMILES string of the molecule is O=Cc1ccc2c(=O)[nH]cnc2c1. The molecule has 0 bridgehead atoms. The maximum absolute atomic E-state index is 11.2. The minimum absolute atomic E-state index is 0.192. The van der Waals surface area contributed by atoms with Crippen LogP contribution in [0.25, 0.3) is 10.9 Å². The van der Waals surface area contributed by atoms with E-state index in [0.717, 1.165) is 6.29 Å². The van der Waals surface area contributed by atoms with Gasteiger partial charge in [-0.25, -0.2) is 4.98 Å². The highest BCUT2D eigenvalue weighted by Crippen LogP contribution is 2.07. The molecule has 0 aliphatic carbocycles. The number of hydrogen-bond donors (Lipinski definition) is 1. The number of benzene rings is 1. The number of carbonyl (C=O) groups is 1. The fourth-order valence-electron chi connectivity index (χ4n) is 1.16. The maximum Gasteiger partial charge on any atom is 0.258 e. The van der Waals surface area contributed by atoms with Gasteiger partial charge in [0.05, 0.1) is 17.2 Å². The number of aromatic amines is 1. The molecule has 1 heterocycles. The minimum Gasteiger partial charge on any atom is -0.313 e. The zero-order chi connectivity index (χ0) is 9.26. The smallest absolute Gasteiger partial charge is 0.258 e. The Morgan fingerprint density at radius 3 is 3.00 bits per heavy atom. The van der Waals surface area contributed by atoms with Gasteiger partial charge in [0.25, 0.3) is 5.56 Å². The Morgan fingerprint density at radius 1 is 1.38 bits per heavy atom. The van der Waals surface area contributed by atoms with E-state index in [1.54, 1.807) is 18.2 Å². The summed E-state index contributed by atoms with van der Waals surface area (Å²) in [7, 11) is 0. The van der Waals surface area contributed by atoms with Crippen LogP contribution in [0.2, 0.25) is 0 Å².